The number of aromatic nitrogens is 5. The lowest BCUT2D eigenvalue weighted by Gasteiger charge is -2.42. The van der Waals surface area contributed by atoms with Crippen LogP contribution in [0.15, 0.2) is 152 Å². The molecular formula is C81H113Cl2F2N15O3. The number of carbonyl (C=O) groups is 3. The first-order valence-electron chi connectivity index (χ1n) is 37.8. The number of para-hydroxylation sites is 1. The molecule has 6 N–H and O–H groups in total. The molecule has 2 saturated carbocycles. The van der Waals surface area contributed by atoms with Crippen LogP contribution in [0.1, 0.15) is 137 Å². The number of hydrogen-bond donors (Lipinski definition) is 6. The van der Waals surface area contributed by atoms with E-state index in [2.05, 4.69) is 78.1 Å². The van der Waals surface area contributed by atoms with Crippen LogP contribution < -0.4 is 31.9 Å². The second kappa shape index (κ2) is 37.7. The van der Waals surface area contributed by atoms with Crippen molar-refractivity contribution < 1.29 is 30.3 Å². The highest BCUT2D eigenvalue weighted by atomic mass is 35.5. The molecule has 2 aliphatic carbocycles. The van der Waals surface area contributed by atoms with Gasteiger partial charge in [0, 0.05) is 101 Å². The molecular weight excluding hydrogens is 1340 g/mol. The summed E-state index contributed by atoms with van der Waals surface area (Å²) in [6.45, 7) is 12.5. The number of hydrogen-bond acceptors (Lipinski definition) is 12. The van der Waals surface area contributed by atoms with Gasteiger partial charge in [-0.05, 0) is 258 Å². The maximum atomic E-state index is 13.3. The molecule has 5 amide bonds. The molecule has 22 heteroatoms. The Morgan fingerprint density at radius 3 is 1.86 bits per heavy atom. The number of carbonyl (C=O) groups excluding carboxylic acids is 3. The molecule has 103 heavy (non-hydrogen) atoms. The summed E-state index contributed by atoms with van der Waals surface area (Å²) in [6.07, 6.45) is 29.9. The van der Waals surface area contributed by atoms with Gasteiger partial charge in [-0.2, -0.15) is 0 Å². The van der Waals surface area contributed by atoms with Crippen LogP contribution in [-0.4, -0.2) is 159 Å². The standard InChI is InChI=1S/C28H32Cl2N4O.C28H36FN7O.C25H35FN4O.5H2/c29-25-8-7-20(16-26(25)30)18-33-14-10-22(11-15-33)34-13-3-4-21(19-34)17-32-28(35)24-9-12-31-27-6-2-1-5-23(24)27;1-35-27(32-33-34-35)22-8-4-9-25(17-22)30-28(37)31-26-10-3-2-7-23(26)19-36-15-5-6-21(18-36)16-20-11-13-24(29)14-12-20;26-22-12-10-19(11-13-22)16-20-6-5-15-30(17-20)18-21-7-1-2-8-23(21)28-25(31)29-24-9-3-4-14-27-24;;;;;/h1-2,5-9,12,16,21-22H,3-4,10-11,13-15,17-19H2,(H,32,35);4,8-9,11-14,17,21,23,26H,2-3,5-7,10,15-16,18-19H2,1H3,(H2,30,31,37);3-4,9-14,20-21,23-24,27H,1-2,5-8,15-18H2,(H2,28,29,31);5*1H/t;21-,23-,26+;20-,21-,23+,24?;;;;;/m.00...../s1. The molecule has 7 heterocycles. The maximum absolute atomic E-state index is 13.3. The van der Waals surface area contributed by atoms with Crippen LogP contribution >= 0.6 is 23.2 Å². The van der Waals surface area contributed by atoms with Crippen molar-refractivity contribution in [3.8, 4) is 11.4 Å². The number of amides is 5. The number of dihydropyridines is 1. The molecule has 18 nitrogen and oxygen atoms in total. The van der Waals surface area contributed by atoms with Gasteiger partial charge in [-0.1, -0.05) is 116 Å². The van der Waals surface area contributed by atoms with E-state index in [-0.39, 0.29) is 55.0 Å². The van der Waals surface area contributed by atoms with Gasteiger partial charge in [-0.3, -0.25) is 19.6 Å². The normalized spacial score (nSPS) is 23.6. The van der Waals surface area contributed by atoms with Crippen molar-refractivity contribution >= 4 is 57.8 Å². The highest BCUT2D eigenvalue weighted by molar-refractivity contribution is 6.42. The van der Waals surface area contributed by atoms with Crippen molar-refractivity contribution in [1.29, 1.82) is 0 Å². The third-order valence-corrected chi connectivity index (χ3v) is 22.8. The molecule has 5 aliphatic heterocycles. The fraction of sp³-hybridized carbons (Fsp3) is 0.494. The first-order valence-corrected chi connectivity index (χ1v) is 38.5. The van der Waals surface area contributed by atoms with Gasteiger partial charge in [0.15, 0.2) is 5.82 Å². The molecule has 2 unspecified atom stereocenters. The number of nitrogens with zero attached hydrogens (tertiary/aromatic N) is 9. The summed E-state index contributed by atoms with van der Waals surface area (Å²) in [5, 5.41) is 32.6. The van der Waals surface area contributed by atoms with Crippen LogP contribution in [0.2, 0.25) is 10.0 Å². The van der Waals surface area contributed by atoms with Gasteiger partial charge in [0.25, 0.3) is 5.91 Å². The first-order chi connectivity index (χ1) is 50.2. The maximum Gasteiger partial charge on any atom is 0.319 e. The molecule has 4 saturated heterocycles. The summed E-state index contributed by atoms with van der Waals surface area (Å²) >= 11 is 12.2. The molecule has 0 bridgehead atoms. The van der Waals surface area contributed by atoms with E-state index >= 15 is 0 Å². The van der Waals surface area contributed by atoms with Crippen molar-refractivity contribution in [3.63, 3.8) is 0 Å². The Morgan fingerprint density at radius 2 is 1.22 bits per heavy atom. The highest BCUT2D eigenvalue weighted by Crippen LogP contribution is 2.33. The van der Waals surface area contributed by atoms with Crippen LogP contribution in [0.3, 0.4) is 0 Å². The number of tetrazole rings is 1. The Kier molecular flexibility index (Phi) is 27.4. The Labute approximate surface area is 624 Å². The van der Waals surface area contributed by atoms with Crippen LogP contribution in [0.5, 0.6) is 0 Å². The Balaban J connectivity index is 0.000000221. The quantitative estimate of drug-likeness (QED) is 0.0450. The number of anilines is 1. The third kappa shape index (κ3) is 22.3. The van der Waals surface area contributed by atoms with Gasteiger partial charge >= 0.3 is 12.1 Å². The summed E-state index contributed by atoms with van der Waals surface area (Å²) in [7, 11) is 1.79. The zero-order valence-corrected chi connectivity index (χ0v) is 61.1. The first kappa shape index (κ1) is 74.9. The molecule has 5 aromatic carbocycles. The monoisotopic (exact) mass is 1450 g/mol. The van der Waals surface area contributed by atoms with Crippen molar-refractivity contribution in [2.45, 2.75) is 146 Å². The largest absolute Gasteiger partial charge is 0.368 e. The molecule has 2 aromatic heterocycles. The van der Waals surface area contributed by atoms with Gasteiger partial charge in [-0.15, -0.1) is 5.10 Å². The number of piperidine rings is 4. The van der Waals surface area contributed by atoms with Crippen LogP contribution in [0.25, 0.3) is 22.3 Å². The van der Waals surface area contributed by atoms with Gasteiger partial charge in [0.1, 0.15) is 17.8 Å². The van der Waals surface area contributed by atoms with E-state index < -0.39 is 0 Å². The Hall–Kier alpha value is -7.85. The van der Waals surface area contributed by atoms with Gasteiger partial charge in [0.05, 0.1) is 21.1 Å². The summed E-state index contributed by atoms with van der Waals surface area (Å²) in [4.78, 5) is 53.1. The second-order valence-electron chi connectivity index (χ2n) is 29.7. The van der Waals surface area contributed by atoms with E-state index in [1.165, 1.54) is 93.7 Å². The van der Waals surface area contributed by atoms with E-state index in [1.807, 2.05) is 115 Å². The Morgan fingerprint density at radius 1 is 0.592 bits per heavy atom. The van der Waals surface area contributed by atoms with Gasteiger partial charge in [-0.25, -0.2) is 23.1 Å². The van der Waals surface area contributed by atoms with E-state index in [9.17, 15) is 23.2 Å². The number of aryl methyl sites for hydroxylation is 1. The molecule has 0 spiro atoms. The average molecular weight is 1450 g/mol. The minimum Gasteiger partial charge on any atom is -0.368 e. The van der Waals surface area contributed by atoms with Crippen molar-refractivity contribution in [2.75, 3.05) is 77.3 Å². The lowest BCUT2D eigenvalue weighted by molar-refractivity contribution is 0.0675. The number of allylic oxidation sites excluding steroid dienone is 2. The van der Waals surface area contributed by atoms with Crippen molar-refractivity contribution in [1.82, 2.24) is 71.4 Å². The SMILES string of the molecule is Cn1nnnc1-c1cccc(NC(=O)N[C@@H]2CCCC[C@H]2CN2CCC[C@@H](Cc3ccc(F)cc3)C2)c1.O=C(NC1C=CC=CN1)N[C@@H]1CCCC[C@H]1CN1CCC[C@@H](Cc2ccc(F)cc2)C1.O=C(NCC1CCCN(C2CCN(Cc3ccc(Cl)c(Cl)c3)CC2)C1)c1ccnc2ccccc12.[HH].[HH].[HH].[HH].[HH]. The predicted molar refractivity (Wildman–Crippen MR) is 417 cm³/mol. The number of urea groups is 2. The summed E-state index contributed by atoms with van der Waals surface area (Å²) in [6, 6.07) is 37.8. The van der Waals surface area contributed by atoms with E-state index in [0.717, 1.165) is 134 Å². The molecule has 8 atom stereocenters. The number of nitrogens with one attached hydrogen (secondary N) is 6. The summed E-state index contributed by atoms with van der Waals surface area (Å²) in [5.41, 5.74) is 6.77. The number of pyridine rings is 1. The minimum absolute atomic E-state index is 0. The number of benzene rings is 5. The second-order valence-corrected chi connectivity index (χ2v) is 30.5. The van der Waals surface area contributed by atoms with Crippen LogP contribution in [-0.2, 0) is 26.4 Å². The lowest BCUT2D eigenvalue weighted by Crippen LogP contribution is -2.54. The van der Waals surface area contributed by atoms with Gasteiger partial charge in [0.2, 0.25) is 0 Å². The Bertz CT molecular complexity index is 3950. The van der Waals surface area contributed by atoms with Crippen molar-refractivity contribution in [3.05, 3.63) is 196 Å². The molecule has 14 rings (SSSR count). The van der Waals surface area contributed by atoms with E-state index in [4.69, 9.17) is 23.2 Å². The zero-order chi connectivity index (χ0) is 71.3. The van der Waals surface area contributed by atoms with Crippen LogP contribution in [0.4, 0.5) is 24.1 Å². The van der Waals surface area contributed by atoms with E-state index in [1.54, 1.807) is 42.2 Å². The topological polar surface area (TPSA) is 193 Å². The summed E-state index contributed by atoms with van der Waals surface area (Å²) in [5.74, 6) is 2.95. The zero-order valence-electron chi connectivity index (χ0n) is 59.6. The fourth-order valence-corrected chi connectivity index (χ4v) is 17.1. The smallest absolute Gasteiger partial charge is 0.319 e. The number of likely N-dealkylation sites (tertiary alicyclic amines) is 4. The molecule has 6 fully saturated rings. The van der Waals surface area contributed by atoms with Gasteiger partial charge < -0.3 is 41.7 Å². The van der Waals surface area contributed by atoms with Crippen molar-refractivity contribution in [2.24, 2.45) is 36.6 Å². The predicted octanol–water partition coefficient (Wildman–Crippen LogP) is 15.5. The summed E-state index contributed by atoms with van der Waals surface area (Å²) < 4.78 is 28.1. The van der Waals surface area contributed by atoms with Crippen LogP contribution in [0, 0.1) is 41.2 Å². The lowest BCUT2D eigenvalue weighted by atomic mass is 9.83. The number of fused-ring (bicyclic) bond motifs is 1. The average Bonchev–Trinajstić information content (AvgIpc) is 1.08. The molecule has 558 valence electrons. The number of rotatable bonds is 19. The molecule has 7 aromatic rings. The highest BCUT2D eigenvalue weighted by Gasteiger charge is 2.34. The molecule has 0 radical (unpaired) electrons. The fourth-order valence-electron chi connectivity index (χ4n) is 16.8. The number of halogens is 4. The third-order valence-electron chi connectivity index (χ3n) is 22.0. The molecule has 7 aliphatic rings. The van der Waals surface area contributed by atoms with E-state index in [0.29, 0.717) is 62.8 Å². The minimum atomic E-state index is -0.177.